The van der Waals surface area contributed by atoms with Gasteiger partial charge in [-0.15, -0.1) is 10.2 Å². The lowest BCUT2D eigenvalue weighted by Gasteiger charge is -2.32. The summed E-state index contributed by atoms with van der Waals surface area (Å²) in [5, 5.41) is 14.2. The van der Waals surface area contributed by atoms with Crippen LogP contribution in [0.5, 0.6) is 0 Å². The highest BCUT2D eigenvalue weighted by atomic mass is 16.1. The summed E-state index contributed by atoms with van der Waals surface area (Å²) in [6, 6.07) is 11.5. The zero-order valence-corrected chi connectivity index (χ0v) is 17.1. The van der Waals surface area contributed by atoms with Gasteiger partial charge < -0.3 is 15.5 Å². The number of anilines is 3. The second-order valence-corrected chi connectivity index (χ2v) is 8.08. The van der Waals surface area contributed by atoms with Crippen molar-refractivity contribution in [3.63, 3.8) is 0 Å². The number of rotatable bonds is 7. The molecular formula is C22H31N5O. The summed E-state index contributed by atoms with van der Waals surface area (Å²) in [5.41, 5.74) is 2.28. The van der Waals surface area contributed by atoms with E-state index in [1.165, 1.54) is 18.5 Å². The highest BCUT2D eigenvalue weighted by Crippen LogP contribution is 2.24. The zero-order valence-electron chi connectivity index (χ0n) is 17.1. The van der Waals surface area contributed by atoms with Gasteiger partial charge in [0, 0.05) is 31.0 Å². The molecule has 0 bridgehead atoms. The van der Waals surface area contributed by atoms with Gasteiger partial charge in [0.25, 0.3) is 5.91 Å². The smallest absolute Gasteiger partial charge is 0.276 e. The molecule has 6 heteroatoms. The van der Waals surface area contributed by atoms with Crippen molar-refractivity contribution < 1.29 is 4.79 Å². The van der Waals surface area contributed by atoms with Crippen molar-refractivity contribution in [3.05, 3.63) is 42.1 Å². The van der Waals surface area contributed by atoms with E-state index in [0.717, 1.165) is 37.7 Å². The first-order valence-electron chi connectivity index (χ1n) is 10.2. The first-order chi connectivity index (χ1) is 13.5. The molecule has 0 spiro atoms. The maximum absolute atomic E-state index is 12.4. The lowest BCUT2D eigenvalue weighted by Crippen LogP contribution is -2.32. The van der Waals surface area contributed by atoms with E-state index in [1.807, 2.05) is 12.1 Å². The Labute approximate surface area is 167 Å². The van der Waals surface area contributed by atoms with Crippen molar-refractivity contribution in [2.75, 3.05) is 35.2 Å². The molecule has 28 heavy (non-hydrogen) atoms. The quantitative estimate of drug-likeness (QED) is 0.743. The fraction of sp³-hybridized carbons (Fsp3) is 0.500. The van der Waals surface area contributed by atoms with Crippen LogP contribution in [-0.2, 0) is 0 Å². The van der Waals surface area contributed by atoms with E-state index >= 15 is 0 Å². The van der Waals surface area contributed by atoms with E-state index in [2.05, 4.69) is 58.6 Å². The predicted octanol–water partition coefficient (Wildman–Crippen LogP) is 4.42. The number of aromatic nitrogens is 2. The molecule has 1 aliphatic heterocycles. The van der Waals surface area contributed by atoms with Crippen molar-refractivity contribution in [2.24, 2.45) is 11.8 Å². The molecule has 0 saturated carbocycles. The molecule has 0 aliphatic carbocycles. The molecular weight excluding hydrogens is 350 g/mol. The molecule has 2 N–H and O–H groups in total. The molecule has 0 radical (unpaired) electrons. The third kappa shape index (κ3) is 5.68. The molecule has 0 unspecified atom stereocenters. The molecule has 1 fully saturated rings. The number of piperidine rings is 1. The number of carbonyl (C=O) groups is 1. The molecule has 1 aromatic heterocycles. The number of hydrogen-bond acceptors (Lipinski definition) is 5. The highest BCUT2D eigenvalue weighted by Gasteiger charge is 2.16. The molecule has 150 valence electrons. The zero-order chi connectivity index (χ0) is 19.9. The molecule has 1 aliphatic rings. The van der Waals surface area contributed by atoms with Gasteiger partial charge in [0.1, 0.15) is 5.82 Å². The summed E-state index contributed by atoms with van der Waals surface area (Å²) < 4.78 is 0. The Balaban J connectivity index is 1.52. The van der Waals surface area contributed by atoms with E-state index in [9.17, 15) is 4.79 Å². The Morgan fingerprint density at radius 2 is 1.82 bits per heavy atom. The van der Waals surface area contributed by atoms with Crippen molar-refractivity contribution >= 4 is 23.1 Å². The van der Waals surface area contributed by atoms with Crippen LogP contribution in [-0.4, -0.2) is 35.7 Å². The fourth-order valence-electron chi connectivity index (χ4n) is 3.25. The van der Waals surface area contributed by atoms with Crippen LogP contribution in [0, 0.1) is 11.8 Å². The Kier molecular flexibility index (Phi) is 6.85. The number of nitrogens with zero attached hydrogens (tertiary/aromatic N) is 3. The molecule has 1 aromatic carbocycles. The molecule has 0 atom stereocenters. The highest BCUT2D eigenvalue weighted by molar-refractivity contribution is 6.02. The van der Waals surface area contributed by atoms with Crippen molar-refractivity contribution in [3.8, 4) is 0 Å². The van der Waals surface area contributed by atoms with Crippen LogP contribution >= 0.6 is 0 Å². The number of benzene rings is 1. The van der Waals surface area contributed by atoms with Crippen LogP contribution in [0.1, 0.15) is 50.5 Å². The van der Waals surface area contributed by atoms with Crippen LogP contribution in [0.4, 0.5) is 17.2 Å². The number of hydrogen-bond donors (Lipinski definition) is 2. The van der Waals surface area contributed by atoms with Crippen LogP contribution in [0.2, 0.25) is 0 Å². The van der Waals surface area contributed by atoms with E-state index in [-0.39, 0.29) is 5.91 Å². The van der Waals surface area contributed by atoms with Crippen molar-refractivity contribution in [2.45, 2.75) is 40.0 Å². The first-order valence-corrected chi connectivity index (χ1v) is 10.2. The second-order valence-electron chi connectivity index (χ2n) is 8.08. The lowest BCUT2D eigenvalue weighted by molar-refractivity contribution is 0.102. The van der Waals surface area contributed by atoms with Gasteiger partial charge in [0.2, 0.25) is 0 Å². The maximum Gasteiger partial charge on any atom is 0.276 e. The average Bonchev–Trinajstić information content (AvgIpc) is 2.69. The summed E-state index contributed by atoms with van der Waals surface area (Å²) in [6.45, 7) is 9.72. The Morgan fingerprint density at radius 1 is 1.11 bits per heavy atom. The molecule has 1 saturated heterocycles. The lowest BCUT2D eigenvalue weighted by atomic mass is 9.99. The Bertz CT molecular complexity index is 750. The molecule has 1 amide bonds. The van der Waals surface area contributed by atoms with E-state index in [0.29, 0.717) is 17.4 Å². The van der Waals surface area contributed by atoms with Gasteiger partial charge in [0.05, 0.1) is 0 Å². The van der Waals surface area contributed by atoms with Gasteiger partial charge in [-0.25, -0.2) is 0 Å². The standard InChI is InChI=1S/C22H31N5O/c1-16(2)10-13-23-21-9-8-20(25-26-21)22(28)24-18-4-6-19(7-5-18)27-14-11-17(3)12-15-27/h4-9,16-17H,10-15H2,1-3H3,(H,23,26)(H,24,28). The minimum Gasteiger partial charge on any atom is -0.372 e. The molecule has 3 rings (SSSR count). The summed E-state index contributed by atoms with van der Waals surface area (Å²) in [5.74, 6) is 1.89. The molecule has 2 heterocycles. The van der Waals surface area contributed by atoms with Gasteiger partial charge in [-0.1, -0.05) is 20.8 Å². The Hall–Kier alpha value is -2.63. The van der Waals surface area contributed by atoms with Crippen molar-refractivity contribution in [1.29, 1.82) is 0 Å². The number of carbonyl (C=O) groups excluding carboxylic acids is 1. The number of amides is 1. The van der Waals surface area contributed by atoms with Gasteiger partial charge >= 0.3 is 0 Å². The largest absolute Gasteiger partial charge is 0.372 e. The van der Waals surface area contributed by atoms with E-state index < -0.39 is 0 Å². The molecule has 6 nitrogen and oxygen atoms in total. The summed E-state index contributed by atoms with van der Waals surface area (Å²) in [4.78, 5) is 14.8. The first kappa shape index (κ1) is 20.1. The monoisotopic (exact) mass is 381 g/mol. The topological polar surface area (TPSA) is 70.2 Å². The summed E-state index contributed by atoms with van der Waals surface area (Å²) in [7, 11) is 0. The summed E-state index contributed by atoms with van der Waals surface area (Å²) >= 11 is 0. The van der Waals surface area contributed by atoms with Crippen LogP contribution < -0.4 is 15.5 Å². The normalized spacial score (nSPS) is 14.9. The second kappa shape index (κ2) is 9.53. The van der Waals surface area contributed by atoms with Gasteiger partial charge in [0.15, 0.2) is 5.69 Å². The third-order valence-corrected chi connectivity index (χ3v) is 5.20. The summed E-state index contributed by atoms with van der Waals surface area (Å²) in [6.07, 6.45) is 3.54. The Morgan fingerprint density at radius 3 is 2.43 bits per heavy atom. The van der Waals surface area contributed by atoms with E-state index in [4.69, 9.17) is 0 Å². The predicted molar refractivity (Wildman–Crippen MR) is 115 cm³/mol. The maximum atomic E-state index is 12.4. The average molecular weight is 382 g/mol. The SMILES string of the molecule is CC(C)CCNc1ccc(C(=O)Nc2ccc(N3CCC(C)CC3)cc2)nn1. The van der Waals surface area contributed by atoms with Gasteiger partial charge in [-0.2, -0.15) is 0 Å². The van der Waals surface area contributed by atoms with Crippen LogP contribution in [0.15, 0.2) is 36.4 Å². The number of nitrogens with one attached hydrogen (secondary N) is 2. The van der Waals surface area contributed by atoms with Gasteiger partial charge in [-0.3, -0.25) is 4.79 Å². The van der Waals surface area contributed by atoms with Crippen molar-refractivity contribution in [1.82, 2.24) is 10.2 Å². The molecule has 2 aromatic rings. The van der Waals surface area contributed by atoms with Crippen LogP contribution in [0.3, 0.4) is 0 Å². The minimum absolute atomic E-state index is 0.249. The van der Waals surface area contributed by atoms with Gasteiger partial charge in [-0.05, 0) is 67.5 Å². The van der Waals surface area contributed by atoms with Crippen LogP contribution in [0.25, 0.3) is 0 Å². The minimum atomic E-state index is -0.249. The third-order valence-electron chi connectivity index (χ3n) is 5.20. The van der Waals surface area contributed by atoms with E-state index in [1.54, 1.807) is 12.1 Å². The fourth-order valence-corrected chi connectivity index (χ4v) is 3.25.